The molecule has 0 aliphatic rings. The van der Waals surface area contributed by atoms with Gasteiger partial charge in [-0.3, -0.25) is 0 Å². The standard InChI is InChI=1S/C68H44N2O/c1-2-17-52-49(16-1)44-61(54-19-4-3-18-53(52)54)58-23-8-13-29-65(58)70(64-28-12-7-22-57(64)59-25-15-31-67-68(59)60-24-9-14-30-66(60)71-67)51-42-38-48(39-43-51)46-34-32-45(33-35-46)47-36-40-50(41-37-47)69-62-26-10-5-20-55(62)56-21-6-11-27-63(56)69/h1-44H. The molecule has 0 radical (unpaired) electrons. The number of para-hydroxylation sites is 5. The van der Waals surface area contributed by atoms with Gasteiger partial charge in [-0.2, -0.15) is 0 Å². The van der Waals surface area contributed by atoms with Gasteiger partial charge in [-0.1, -0.05) is 200 Å². The lowest BCUT2D eigenvalue weighted by molar-refractivity contribution is 0.669. The van der Waals surface area contributed by atoms with Crippen molar-refractivity contribution in [2.45, 2.75) is 0 Å². The molecule has 332 valence electrons. The Kier molecular flexibility index (Phi) is 9.53. The first-order valence-corrected chi connectivity index (χ1v) is 24.3. The third-order valence-corrected chi connectivity index (χ3v) is 14.4. The number of anilines is 3. The van der Waals surface area contributed by atoms with Gasteiger partial charge in [0.15, 0.2) is 0 Å². The molecule has 0 N–H and O–H groups in total. The van der Waals surface area contributed by atoms with E-state index in [0.717, 1.165) is 72.5 Å². The molecule has 0 fully saturated rings. The maximum Gasteiger partial charge on any atom is 0.136 e. The average Bonchev–Trinajstić information content (AvgIpc) is 4.00. The Hall–Kier alpha value is -9.44. The lowest BCUT2D eigenvalue weighted by Gasteiger charge is -2.30. The highest BCUT2D eigenvalue weighted by atomic mass is 16.3. The molecule has 0 bridgehead atoms. The highest BCUT2D eigenvalue weighted by molar-refractivity contribution is 6.17. The van der Waals surface area contributed by atoms with Crippen LogP contribution >= 0.6 is 0 Å². The Balaban J connectivity index is 0.872. The maximum absolute atomic E-state index is 6.45. The average molecular weight is 905 g/mol. The quantitative estimate of drug-likeness (QED) is 0.142. The molecule has 14 rings (SSSR count). The van der Waals surface area contributed by atoms with Crippen molar-refractivity contribution >= 4 is 82.4 Å². The number of fused-ring (bicyclic) bond motifs is 9. The fourth-order valence-electron chi connectivity index (χ4n) is 11.1. The Morgan fingerprint density at radius 2 is 0.746 bits per heavy atom. The second-order valence-electron chi connectivity index (χ2n) is 18.4. The predicted molar refractivity (Wildman–Crippen MR) is 299 cm³/mol. The third kappa shape index (κ3) is 6.74. The van der Waals surface area contributed by atoms with E-state index < -0.39 is 0 Å². The molecule has 12 aromatic carbocycles. The number of hydrogen-bond acceptors (Lipinski definition) is 2. The van der Waals surface area contributed by atoms with Crippen LogP contribution in [-0.2, 0) is 0 Å². The summed E-state index contributed by atoms with van der Waals surface area (Å²) in [6.45, 7) is 0. The molecule has 71 heavy (non-hydrogen) atoms. The van der Waals surface area contributed by atoms with Gasteiger partial charge in [0.2, 0.25) is 0 Å². The normalized spacial score (nSPS) is 11.7. The van der Waals surface area contributed by atoms with Crippen molar-refractivity contribution in [2.24, 2.45) is 0 Å². The van der Waals surface area contributed by atoms with Crippen LogP contribution in [0.25, 0.3) is 115 Å². The Morgan fingerprint density at radius 1 is 0.296 bits per heavy atom. The Bertz CT molecular complexity index is 4280. The monoisotopic (exact) mass is 904 g/mol. The number of benzene rings is 12. The first-order chi connectivity index (χ1) is 35.2. The van der Waals surface area contributed by atoms with Gasteiger partial charge in [0.05, 0.1) is 22.4 Å². The topological polar surface area (TPSA) is 21.3 Å². The molecule has 0 aliphatic carbocycles. The lowest BCUT2D eigenvalue weighted by atomic mass is 9.91. The predicted octanol–water partition coefficient (Wildman–Crippen LogP) is 19.1. The summed E-state index contributed by atoms with van der Waals surface area (Å²) >= 11 is 0. The molecule has 3 heteroatoms. The van der Waals surface area contributed by atoms with Crippen molar-refractivity contribution < 1.29 is 4.42 Å². The lowest BCUT2D eigenvalue weighted by Crippen LogP contribution is -2.12. The van der Waals surface area contributed by atoms with Gasteiger partial charge in [0, 0.05) is 44.0 Å². The molecule has 0 amide bonds. The van der Waals surface area contributed by atoms with Crippen molar-refractivity contribution in [3.05, 3.63) is 267 Å². The van der Waals surface area contributed by atoms with Crippen molar-refractivity contribution in [2.75, 3.05) is 4.90 Å². The fraction of sp³-hybridized carbons (Fsp3) is 0. The summed E-state index contributed by atoms with van der Waals surface area (Å²) in [5.41, 5.74) is 17.8. The van der Waals surface area contributed by atoms with Crippen molar-refractivity contribution in [3.63, 3.8) is 0 Å². The number of furan rings is 1. The van der Waals surface area contributed by atoms with Gasteiger partial charge < -0.3 is 13.9 Å². The van der Waals surface area contributed by atoms with Crippen molar-refractivity contribution in [3.8, 4) is 50.2 Å². The van der Waals surface area contributed by atoms with Crippen molar-refractivity contribution in [1.29, 1.82) is 0 Å². The minimum absolute atomic E-state index is 0.875. The minimum Gasteiger partial charge on any atom is -0.456 e. The molecule has 0 aliphatic heterocycles. The molecular weight excluding hydrogens is 861 g/mol. The minimum atomic E-state index is 0.875. The summed E-state index contributed by atoms with van der Waals surface area (Å²) in [5.74, 6) is 0. The summed E-state index contributed by atoms with van der Waals surface area (Å²) < 4.78 is 8.82. The van der Waals surface area contributed by atoms with E-state index in [2.05, 4.69) is 270 Å². The summed E-state index contributed by atoms with van der Waals surface area (Å²) in [5, 5.41) is 9.69. The molecule has 14 aromatic rings. The zero-order valence-electron chi connectivity index (χ0n) is 38.7. The van der Waals surface area contributed by atoms with Crippen LogP contribution in [0.5, 0.6) is 0 Å². The van der Waals surface area contributed by atoms with Gasteiger partial charge in [-0.25, -0.2) is 0 Å². The Labute approximate surface area is 411 Å². The fourth-order valence-corrected chi connectivity index (χ4v) is 11.1. The highest BCUT2D eigenvalue weighted by Crippen LogP contribution is 2.49. The largest absolute Gasteiger partial charge is 0.456 e. The number of rotatable bonds is 8. The third-order valence-electron chi connectivity index (χ3n) is 14.4. The van der Waals surface area contributed by atoms with E-state index in [4.69, 9.17) is 4.42 Å². The highest BCUT2D eigenvalue weighted by Gasteiger charge is 2.24. The second kappa shape index (κ2) is 16.7. The van der Waals surface area contributed by atoms with Crippen LogP contribution < -0.4 is 4.90 Å². The van der Waals surface area contributed by atoms with Gasteiger partial charge in [0.25, 0.3) is 0 Å². The molecule has 2 heterocycles. The maximum atomic E-state index is 6.45. The second-order valence-corrected chi connectivity index (χ2v) is 18.4. The summed E-state index contributed by atoms with van der Waals surface area (Å²) in [7, 11) is 0. The first-order valence-electron chi connectivity index (χ1n) is 24.3. The molecule has 0 unspecified atom stereocenters. The van der Waals surface area contributed by atoms with E-state index in [0.29, 0.717) is 0 Å². The van der Waals surface area contributed by atoms with Gasteiger partial charge in [0.1, 0.15) is 11.2 Å². The smallest absolute Gasteiger partial charge is 0.136 e. The molecular formula is C68H44N2O. The molecule has 0 atom stereocenters. The molecule has 2 aromatic heterocycles. The van der Waals surface area contributed by atoms with E-state index in [1.54, 1.807) is 0 Å². The first kappa shape index (κ1) is 40.6. The van der Waals surface area contributed by atoms with E-state index in [1.165, 1.54) is 60.0 Å². The van der Waals surface area contributed by atoms with E-state index in [-0.39, 0.29) is 0 Å². The van der Waals surface area contributed by atoms with Crippen LogP contribution in [0.4, 0.5) is 17.1 Å². The number of aromatic nitrogens is 1. The molecule has 0 spiro atoms. The van der Waals surface area contributed by atoms with E-state index in [9.17, 15) is 0 Å². The molecule has 0 saturated carbocycles. The summed E-state index contributed by atoms with van der Waals surface area (Å²) in [4.78, 5) is 2.45. The zero-order chi connectivity index (χ0) is 46.8. The van der Waals surface area contributed by atoms with Crippen LogP contribution in [0.2, 0.25) is 0 Å². The summed E-state index contributed by atoms with van der Waals surface area (Å²) in [6, 6.07) is 96.7. The van der Waals surface area contributed by atoms with Crippen LogP contribution in [-0.4, -0.2) is 4.57 Å². The van der Waals surface area contributed by atoms with Gasteiger partial charge in [-0.05, 0) is 122 Å². The van der Waals surface area contributed by atoms with Crippen LogP contribution in [0.1, 0.15) is 0 Å². The van der Waals surface area contributed by atoms with Crippen LogP contribution in [0.3, 0.4) is 0 Å². The number of nitrogens with zero attached hydrogens (tertiary/aromatic N) is 2. The van der Waals surface area contributed by atoms with E-state index >= 15 is 0 Å². The molecule has 3 nitrogen and oxygen atoms in total. The van der Waals surface area contributed by atoms with Crippen LogP contribution in [0, 0.1) is 0 Å². The van der Waals surface area contributed by atoms with Crippen LogP contribution in [0.15, 0.2) is 271 Å². The molecule has 0 saturated heterocycles. The number of hydrogen-bond donors (Lipinski definition) is 0. The van der Waals surface area contributed by atoms with Gasteiger partial charge in [-0.15, -0.1) is 0 Å². The van der Waals surface area contributed by atoms with Gasteiger partial charge >= 0.3 is 0 Å². The summed E-state index contributed by atoms with van der Waals surface area (Å²) in [6.07, 6.45) is 0. The van der Waals surface area contributed by atoms with E-state index in [1.807, 2.05) is 6.07 Å². The zero-order valence-corrected chi connectivity index (χ0v) is 38.7. The Morgan fingerprint density at radius 3 is 1.39 bits per heavy atom. The SMILES string of the molecule is c1ccc(N(c2ccc(-c3ccc(-c4ccc(-n5c6ccccc6c6ccccc65)cc4)cc3)cc2)c2ccccc2-c2cccc3oc4ccccc4c23)c(-c2cc3ccccc3c3ccccc23)c1. The van der Waals surface area contributed by atoms with Crippen molar-refractivity contribution in [1.82, 2.24) is 4.57 Å².